The highest BCUT2D eigenvalue weighted by molar-refractivity contribution is 5.84. The number of ether oxygens (including phenoxy) is 1. The van der Waals surface area contributed by atoms with Crippen LogP contribution in [-0.4, -0.2) is 24.7 Å². The Morgan fingerprint density at radius 1 is 1.33 bits per heavy atom. The zero-order chi connectivity index (χ0) is 15.6. The minimum Gasteiger partial charge on any atom is -0.373 e. The van der Waals surface area contributed by atoms with Crippen molar-refractivity contribution in [2.45, 2.75) is 37.9 Å². The first kappa shape index (κ1) is 15.8. The van der Waals surface area contributed by atoms with Gasteiger partial charge in [0.1, 0.15) is 17.2 Å². The molecule has 1 aromatic carbocycles. The van der Waals surface area contributed by atoms with Crippen LogP contribution >= 0.6 is 0 Å². The average molecular weight is 305 g/mol. The number of halogens is 4. The molecule has 1 N–H and O–H groups in total. The molecule has 0 bridgehead atoms. The van der Waals surface area contributed by atoms with E-state index in [1.807, 2.05) is 12.2 Å². The van der Waals surface area contributed by atoms with E-state index in [2.05, 4.69) is 0 Å². The molecule has 1 aliphatic rings. The van der Waals surface area contributed by atoms with Gasteiger partial charge >= 0.3 is 5.92 Å². The summed E-state index contributed by atoms with van der Waals surface area (Å²) in [6, 6.07) is 2.32. The monoisotopic (exact) mass is 305 g/mol. The molecule has 21 heavy (non-hydrogen) atoms. The van der Waals surface area contributed by atoms with Gasteiger partial charge in [-0.15, -0.1) is 0 Å². The first-order valence-corrected chi connectivity index (χ1v) is 6.58. The maximum Gasteiger partial charge on any atom is 0.355 e. The van der Waals surface area contributed by atoms with Crippen molar-refractivity contribution in [2.24, 2.45) is 0 Å². The zero-order valence-corrected chi connectivity index (χ0v) is 11.3. The predicted octanol–water partition coefficient (Wildman–Crippen LogP) is 2.74. The van der Waals surface area contributed by atoms with Gasteiger partial charge in [-0.1, -0.05) is 6.07 Å². The van der Waals surface area contributed by atoms with Crippen molar-refractivity contribution in [2.75, 3.05) is 6.54 Å². The molecule has 1 aromatic rings. The lowest BCUT2D eigenvalue weighted by atomic mass is 10.1. The maximum absolute atomic E-state index is 13.9. The van der Waals surface area contributed by atoms with E-state index >= 15 is 0 Å². The molecule has 2 unspecified atom stereocenters. The Morgan fingerprint density at radius 2 is 1.95 bits per heavy atom. The third-order valence-corrected chi connectivity index (χ3v) is 3.37. The second-order valence-electron chi connectivity index (χ2n) is 5.03. The highest BCUT2D eigenvalue weighted by Gasteiger charge is 2.45. The Labute approximate surface area is 119 Å². The van der Waals surface area contributed by atoms with Gasteiger partial charge in [0.15, 0.2) is 0 Å². The van der Waals surface area contributed by atoms with E-state index in [4.69, 9.17) is 4.74 Å². The normalized spacial score (nSPS) is 22.3. The molecule has 0 spiro atoms. The van der Waals surface area contributed by atoms with Crippen LogP contribution in [-0.2, 0) is 15.5 Å². The molecule has 1 heterocycles. The van der Waals surface area contributed by atoms with Gasteiger partial charge in [0.25, 0.3) is 5.91 Å². The molecule has 0 aliphatic carbocycles. The summed E-state index contributed by atoms with van der Waals surface area (Å²) in [5, 5.41) is 1.99. The first-order valence-electron chi connectivity index (χ1n) is 6.58. The topological polar surface area (TPSA) is 38.3 Å². The lowest BCUT2D eigenvalue weighted by molar-refractivity contribution is -0.148. The zero-order valence-electron chi connectivity index (χ0n) is 11.3. The SMILES string of the molecule is CC1CCC(CNC(=O)C(F)(F)c2c(F)cccc2F)O1. The van der Waals surface area contributed by atoms with E-state index in [9.17, 15) is 22.4 Å². The third-order valence-electron chi connectivity index (χ3n) is 3.37. The van der Waals surface area contributed by atoms with Gasteiger partial charge in [-0.3, -0.25) is 4.79 Å². The lowest BCUT2D eigenvalue weighted by Gasteiger charge is -2.19. The molecule has 1 fully saturated rings. The van der Waals surface area contributed by atoms with Crippen molar-refractivity contribution in [1.29, 1.82) is 0 Å². The van der Waals surface area contributed by atoms with Crippen LogP contribution in [0.3, 0.4) is 0 Å². The molecule has 0 aromatic heterocycles. The quantitative estimate of drug-likeness (QED) is 0.869. The molecule has 1 aliphatic heterocycles. The Kier molecular flexibility index (Phi) is 4.51. The fourth-order valence-electron chi connectivity index (χ4n) is 2.26. The van der Waals surface area contributed by atoms with Gasteiger partial charge in [0.05, 0.1) is 12.2 Å². The number of benzene rings is 1. The van der Waals surface area contributed by atoms with Gasteiger partial charge in [-0.2, -0.15) is 8.78 Å². The van der Waals surface area contributed by atoms with E-state index in [-0.39, 0.29) is 18.8 Å². The predicted molar refractivity (Wildman–Crippen MR) is 66.8 cm³/mol. The lowest BCUT2D eigenvalue weighted by Crippen LogP contribution is -2.42. The second-order valence-corrected chi connectivity index (χ2v) is 5.03. The van der Waals surface area contributed by atoms with Gasteiger partial charge in [-0.25, -0.2) is 8.78 Å². The maximum atomic E-state index is 13.9. The van der Waals surface area contributed by atoms with E-state index in [1.165, 1.54) is 0 Å². The van der Waals surface area contributed by atoms with Gasteiger partial charge in [-0.05, 0) is 31.9 Å². The fourth-order valence-corrected chi connectivity index (χ4v) is 2.26. The molecule has 1 amide bonds. The summed E-state index contributed by atoms with van der Waals surface area (Å²) in [5.41, 5.74) is -1.54. The van der Waals surface area contributed by atoms with Crippen molar-refractivity contribution in [3.8, 4) is 0 Å². The second kappa shape index (κ2) is 6.01. The first-order chi connectivity index (χ1) is 9.82. The molecule has 0 radical (unpaired) electrons. The summed E-state index contributed by atoms with van der Waals surface area (Å²) in [6.45, 7) is 1.72. The third kappa shape index (κ3) is 3.34. The van der Waals surface area contributed by atoms with Gasteiger partial charge in [0.2, 0.25) is 0 Å². The molecule has 7 heteroatoms. The summed E-state index contributed by atoms with van der Waals surface area (Å²) >= 11 is 0. The highest BCUT2D eigenvalue weighted by atomic mass is 19.3. The molecular weight excluding hydrogens is 290 g/mol. The summed E-state index contributed by atoms with van der Waals surface area (Å²) < 4.78 is 59.9. The largest absolute Gasteiger partial charge is 0.373 e. The van der Waals surface area contributed by atoms with Crippen LogP contribution < -0.4 is 5.32 Å². The van der Waals surface area contributed by atoms with Crippen LogP contribution in [0.2, 0.25) is 0 Å². The van der Waals surface area contributed by atoms with Crippen LogP contribution in [0.4, 0.5) is 17.6 Å². The Bertz CT molecular complexity index is 515. The van der Waals surface area contributed by atoms with Crippen LogP contribution in [0.1, 0.15) is 25.3 Å². The molecule has 1 saturated heterocycles. The number of hydrogen-bond donors (Lipinski definition) is 1. The number of hydrogen-bond acceptors (Lipinski definition) is 2. The number of amides is 1. The number of nitrogens with one attached hydrogen (secondary N) is 1. The van der Waals surface area contributed by atoms with E-state index in [0.29, 0.717) is 18.6 Å². The van der Waals surface area contributed by atoms with Crippen molar-refractivity contribution in [3.05, 3.63) is 35.4 Å². The standard InChI is InChI=1S/C14H15F4NO2/c1-8-5-6-9(21-8)7-19-13(20)14(17,18)12-10(15)3-2-4-11(12)16/h2-4,8-9H,5-7H2,1H3,(H,19,20). The molecule has 2 atom stereocenters. The number of carbonyl (C=O) groups is 1. The average Bonchev–Trinajstić information content (AvgIpc) is 2.81. The van der Waals surface area contributed by atoms with Crippen molar-refractivity contribution in [3.63, 3.8) is 0 Å². The summed E-state index contributed by atoms with van der Waals surface area (Å²) in [6.07, 6.45) is 1.07. The number of rotatable bonds is 4. The minimum absolute atomic E-state index is 0.0106. The molecule has 3 nitrogen and oxygen atoms in total. The Hall–Kier alpha value is -1.63. The van der Waals surface area contributed by atoms with Crippen LogP contribution in [0.15, 0.2) is 18.2 Å². The Balaban J connectivity index is 2.06. The smallest absolute Gasteiger partial charge is 0.355 e. The summed E-state index contributed by atoms with van der Waals surface area (Å²) in [7, 11) is 0. The van der Waals surface area contributed by atoms with Crippen molar-refractivity contribution < 1.29 is 27.1 Å². The van der Waals surface area contributed by atoms with Gasteiger partial charge in [0, 0.05) is 6.54 Å². The van der Waals surface area contributed by atoms with Crippen LogP contribution in [0.25, 0.3) is 0 Å². The van der Waals surface area contributed by atoms with E-state index in [0.717, 1.165) is 12.5 Å². The summed E-state index contributed by atoms with van der Waals surface area (Å²) in [4.78, 5) is 11.6. The molecular formula is C14H15F4NO2. The number of carbonyl (C=O) groups excluding carboxylic acids is 1. The van der Waals surface area contributed by atoms with Crippen molar-refractivity contribution >= 4 is 5.91 Å². The highest BCUT2D eigenvalue weighted by Crippen LogP contribution is 2.32. The van der Waals surface area contributed by atoms with Crippen LogP contribution in [0, 0.1) is 11.6 Å². The minimum atomic E-state index is -4.28. The van der Waals surface area contributed by atoms with E-state index < -0.39 is 29.0 Å². The van der Waals surface area contributed by atoms with Gasteiger partial charge < -0.3 is 10.1 Å². The Morgan fingerprint density at radius 3 is 2.48 bits per heavy atom. The molecule has 116 valence electrons. The fraction of sp³-hybridized carbons (Fsp3) is 0.500. The van der Waals surface area contributed by atoms with Crippen molar-refractivity contribution in [1.82, 2.24) is 5.32 Å². The summed E-state index contributed by atoms with van der Waals surface area (Å²) in [5.74, 6) is -8.93. The van der Waals surface area contributed by atoms with E-state index in [1.54, 1.807) is 0 Å². The molecule has 2 rings (SSSR count). The molecule has 0 saturated carbocycles. The van der Waals surface area contributed by atoms with Crippen LogP contribution in [0.5, 0.6) is 0 Å². The number of alkyl halides is 2.